The summed E-state index contributed by atoms with van der Waals surface area (Å²) in [6.45, 7) is 11.0. The van der Waals surface area contributed by atoms with Crippen molar-refractivity contribution in [2.24, 2.45) is 0 Å². The van der Waals surface area contributed by atoms with E-state index in [1.54, 1.807) is 21.3 Å². The number of rotatable bonds is 21. The van der Waals surface area contributed by atoms with Gasteiger partial charge in [-0.1, -0.05) is 13.3 Å². The van der Waals surface area contributed by atoms with Crippen molar-refractivity contribution in [2.75, 3.05) is 54.7 Å². The van der Waals surface area contributed by atoms with E-state index in [-0.39, 0.29) is 0 Å². The fourth-order valence-electron chi connectivity index (χ4n) is 3.84. The molecule has 1 atom stereocenters. The maximum Gasteiger partial charge on any atom is 0.500 e. The molecule has 0 spiro atoms. The fourth-order valence-corrected chi connectivity index (χ4v) is 8.19. The van der Waals surface area contributed by atoms with Crippen molar-refractivity contribution in [3.63, 3.8) is 0 Å². The minimum atomic E-state index is -2.58. The van der Waals surface area contributed by atoms with Crippen LogP contribution < -0.4 is 5.43 Å². The lowest BCUT2D eigenvalue weighted by molar-refractivity contribution is 0.0683. The van der Waals surface area contributed by atoms with E-state index in [4.69, 9.17) is 26.6 Å². The van der Waals surface area contributed by atoms with E-state index in [9.17, 15) is 0 Å². The Morgan fingerprint density at radius 3 is 1.63 bits per heavy atom. The molecule has 0 aromatic carbocycles. The molecule has 0 radical (unpaired) electrons. The third-order valence-corrected chi connectivity index (χ3v) is 11.3. The number of hydrogen-bond donors (Lipinski definition) is 1. The van der Waals surface area contributed by atoms with Crippen LogP contribution >= 0.6 is 0 Å². The summed E-state index contributed by atoms with van der Waals surface area (Å²) in [5.41, 5.74) is 3.39. The number of hydrogen-bond acceptors (Lipinski definition) is 8. The van der Waals surface area contributed by atoms with Crippen LogP contribution in [-0.2, 0) is 26.6 Å². The second-order valence-corrected chi connectivity index (χ2v) is 13.0. The maximum absolute atomic E-state index is 6.01. The van der Waals surface area contributed by atoms with Gasteiger partial charge in [-0.25, -0.2) is 5.01 Å². The van der Waals surface area contributed by atoms with E-state index in [2.05, 4.69) is 17.4 Å². The van der Waals surface area contributed by atoms with Crippen LogP contribution in [0.1, 0.15) is 59.8 Å². The quantitative estimate of drug-likeness (QED) is 0.202. The van der Waals surface area contributed by atoms with Crippen LogP contribution in [0.3, 0.4) is 0 Å². The molecule has 1 N–H and O–H groups in total. The molecule has 30 heavy (non-hydrogen) atoms. The molecule has 0 aromatic rings. The minimum Gasteiger partial charge on any atom is -0.377 e. The smallest absolute Gasteiger partial charge is 0.377 e. The molecule has 0 amide bonds. The van der Waals surface area contributed by atoms with Crippen molar-refractivity contribution in [3.05, 3.63) is 0 Å². The molecular weight excluding hydrogens is 420 g/mol. The predicted octanol–water partition coefficient (Wildman–Crippen LogP) is 3.69. The Kier molecular flexibility index (Phi) is 17.7. The molecule has 0 rings (SSSR count). The lowest BCUT2D eigenvalue weighted by Crippen LogP contribution is -2.48. The summed E-state index contributed by atoms with van der Waals surface area (Å²) in [6, 6.07) is 2.09. The molecule has 0 aromatic heterocycles. The zero-order chi connectivity index (χ0) is 22.9. The van der Waals surface area contributed by atoms with Crippen LogP contribution in [0.2, 0.25) is 12.1 Å². The summed E-state index contributed by atoms with van der Waals surface area (Å²) in [5, 5.41) is 2.34. The van der Waals surface area contributed by atoms with Crippen LogP contribution in [0.15, 0.2) is 0 Å². The summed E-state index contributed by atoms with van der Waals surface area (Å²) >= 11 is 0. The lowest BCUT2D eigenvalue weighted by atomic mass is 10.1. The minimum absolute atomic E-state index is 0.445. The summed E-state index contributed by atoms with van der Waals surface area (Å²) in [6.07, 6.45) is 5.30. The predicted molar refractivity (Wildman–Crippen MR) is 125 cm³/mol. The molecule has 0 bridgehead atoms. The van der Waals surface area contributed by atoms with Gasteiger partial charge in [-0.3, -0.25) is 5.43 Å². The van der Waals surface area contributed by atoms with Gasteiger partial charge in [0.25, 0.3) is 0 Å². The van der Waals surface area contributed by atoms with E-state index in [1.165, 1.54) is 0 Å². The van der Waals surface area contributed by atoms with Gasteiger partial charge in [-0.05, 0) is 53.5 Å². The first-order valence-corrected chi connectivity index (χ1v) is 15.3. The largest absolute Gasteiger partial charge is 0.500 e. The zero-order valence-corrected chi connectivity index (χ0v) is 22.8. The Morgan fingerprint density at radius 2 is 1.23 bits per heavy atom. The monoisotopic (exact) mass is 468 g/mol. The molecule has 0 aliphatic heterocycles. The Bertz CT molecular complexity index is 380. The van der Waals surface area contributed by atoms with E-state index >= 15 is 0 Å². The van der Waals surface area contributed by atoms with E-state index in [0.717, 1.165) is 50.7 Å². The first kappa shape index (κ1) is 30.1. The molecule has 0 aliphatic carbocycles. The van der Waals surface area contributed by atoms with E-state index in [1.807, 2.05) is 27.8 Å². The molecular formula is C20H48N2O6Si2. The van der Waals surface area contributed by atoms with Crippen molar-refractivity contribution in [2.45, 2.75) is 77.9 Å². The van der Waals surface area contributed by atoms with Gasteiger partial charge in [-0.15, -0.1) is 0 Å². The second-order valence-electron chi connectivity index (χ2n) is 7.13. The summed E-state index contributed by atoms with van der Waals surface area (Å²) in [7, 11) is 1.89. The Hall–Kier alpha value is 0.114. The standard InChI is InChI=1S/C20H48N2O6Si2/c1-9-15-20(16-13-18-30(26-10-2,27-11-3)28-12-4)22(21-5)17-14-19-29(23-6,24-7)25-8/h20-21H,9-19H2,1-8H3. The Labute approximate surface area is 187 Å². The molecule has 8 nitrogen and oxygen atoms in total. The van der Waals surface area contributed by atoms with Gasteiger partial charge < -0.3 is 26.6 Å². The van der Waals surface area contributed by atoms with Crippen LogP contribution in [0, 0.1) is 0 Å². The van der Waals surface area contributed by atoms with Gasteiger partial charge in [0.15, 0.2) is 0 Å². The lowest BCUT2D eigenvalue weighted by Gasteiger charge is -2.33. The molecule has 1 unspecified atom stereocenters. The molecule has 0 saturated carbocycles. The van der Waals surface area contributed by atoms with Crippen LogP contribution in [-0.4, -0.2) is 83.4 Å². The average Bonchev–Trinajstić information content (AvgIpc) is 2.75. The Balaban J connectivity index is 4.89. The number of hydrazine groups is 1. The molecule has 182 valence electrons. The van der Waals surface area contributed by atoms with Crippen LogP contribution in [0.4, 0.5) is 0 Å². The highest BCUT2D eigenvalue weighted by atomic mass is 28.4. The molecule has 0 heterocycles. The first-order chi connectivity index (χ1) is 14.5. The summed E-state index contributed by atoms with van der Waals surface area (Å²) in [5.74, 6) is 0. The highest BCUT2D eigenvalue weighted by Crippen LogP contribution is 2.23. The first-order valence-electron chi connectivity index (χ1n) is 11.5. The van der Waals surface area contributed by atoms with Crippen molar-refractivity contribution < 1.29 is 26.6 Å². The topological polar surface area (TPSA) is 70.7 Å². The van der Waals surface area contributed by atoms with Gasteiger partial charge in [-0.2, -0.15) is 0 Å². The molecule has 10 heteroatoms. The fraction of sp³-hybridized carbons (Fsp3) is 1.00. The zero-order valence-electron chi connectivity index (χ0n) is 20.8. The molecule has 0 aliphatic rings. The van der Waals surface area contributed by atoms with E-state index in [0.29, 0.717) is 25.9 Å². The maximum atomic E-state index is 6.01. The van der Waals surface area contributed by atoms with Crippen molar-refractivity contribution in [1.29, 1.82) is 0 Å². The van der Waals surface area contributed by atoms with Gasteiger partial charge in [0.2, 0.25) is 0 Å². The van der Waals surface area contributed by atoms with E-state index < -0.39 is 17.6 Å². The third-order valence-electron chi connectivity index (χ3n) is 5.28. The van der Waals surface area contributed by atoms with Crippen molar-refractivity contribution in [1.82, 2.24) is 10.4 Å². The Morgan fingerprint density at radius 1 is 0.733 bits per heavy atom. The summed E-state index contributed by atoms with van der Waals surface area (Å²) < 4.78 is 34.7. The number of nitrogens with one attached hydrogen (secondary N) is 1. The average molecular weight is 469 g/mol. The van der Waals surface area contributed by atoms with Crippen molar-refractivity contribution in [3.8, 4) is 0 Å². The SMILES string of the molecule is CCCC(CCC[Si](OCC)(OCC)OCC)N(CCC[Si](OC)(OC)OC)NC. The highest BCUT2D eigenvalue weighted by Gasteiger charge is 2.40. The number of nitrogens with zero attached hydrogens (tertiary/aromatic N) is 1. The highest BCUT2D eigenvalue weighted by molar-refractivity contribution is 6.61. The second kappa shape index (κ2) is 17.6. The van der Waals surface area contributed by atoms with Gasteiger partial charge in [0.1, 0.15) is 0 Å². The van der Waals surface area contributed by atoms with Crippen LogP contribution in [0.5, 0.6) is 0 Å². The van der Waals surface area contributed by atoms with Crippen molar-refractivity contribution >= 4 is 17.6 Å². The van der Waals surface area contributed by atoms with Gasteiger partial charge in [0, 0.05) is 65.8 Å². The normalized spacial score (nSPS) is 13.9. The van der Waals surface area contributed by atoms with Gasteiger partial charge in [0.05, 0.1) is 0 Å². The molecule has 0 saturated heterocycles. The van der Waals surface area contributed by atoms with Gasteiger partial charge >= 0.3 is 17.6 Å². The third kappa shape index (κ3) is 10.6. The summed E-state index contributed by atoms with van der Waals surface area (Å²) in [4.78, 5) is 0. The molecule has 0 fully saturated rings. The van der Waals surface area contributed by atoms with Crippen LogP contribution in [0.25, 0.3) is 0 Å².